The van der Waals surface area contributed by atoms with E-state index in [1.807, 2.05) is 60.7 Å². The third-order valence-corrected chi connectivity index (χ3v) is 5.18. The molecular formula is C25H21N5O2. The molecule has 32 heavy (non-hydrogen) atoms. The van der Waals surface area contributed by atoms with Gasteiger partial charge in [-0.3, -0.25) is 0 Å². The largest absolute Gasteiger partial charge is 0.497 e. The minimum Gasteiger partial charge on any atom is -0.497 e. The highest BCUT2D eigenvalue weighted by Crippen LogP contribution is 2.29. The third kappa shape index (κ3) is 3.88. The van der Waals surface area contributed by atoms with Crippen LogP contribution in [-0.4, -0.2) is 27.3 Å². The van der Waals surface area contributed by atoms with Gasteiger partial charge in [0.15, 0.2) is 0 Å². The first-order valence-corrected chi connectivity index (χ1v) is 10.3. The van der Waals surface area contributed by atoms with Gasteiger partial charge >= 0.3 is 0 Å². The van der Waals surface area contributed by atoms with E-state index >= 15 is 0 Å². The highest BCUT2D eigenvalue weighted by molar-refractivity contribution is 5.91. The first-order valence-electron chi connectivity index (χ1n) is 10.3. The molecule has 0 bridgehead atoms. The van der Waals surface area contributed by atoms with Crippen LogP contribution >= 0.6 is 0 Å². The molecule has 0 saturated heterocycles. The van der Waals surface area contributed by atoms with Gasteiger partial charge in [-0.15, -0.1) is 10.2 Å². The van der Waals surface area contributed by atoms with Crippen LogP contribution in [-0.2, 0) is 6.42 Å². The molecule has 0 aliphatic heterocycles. The number of nitrogens with zero attached hydrogens (tertiary/aromatic N) is 4. The van der Waals surface area contributed by atoms with E-state index in [4.69, 9.17) is 14.1 Å². The lowest BCUT2D eigenvalue weighted by Gasteiger charge is -2.10. The van der Waals surface area contributed by atoms with E-state index in [9.17, 15) is 0 Å². The molecule has 0 spiro atoms. The quantitative estimate of drug-likeness (QED) is 0.377. The molecule has 158 valence electrons. The van der Waals surface area contributed by atoms with Crippen molar-refractivity contribution in [2.24, 2.45) is 0 Å². The number of aromatic nitrogens is 4. The Bertz CT molecular complexity index is 1360. The van der Waals surface area contributed by atoms with Crippen molar-refractivity contribution in [1.29, 1.82) is 0 Å². The minimum absolute atomic E-state index is 0.256. The molecule has 0 amide bonds. The maximum absolute atomic E-state index is 5.90. The number of aryl methyl sites for hydroxylation is 1. The lowest BCUT2D eigenvalue weighted by atomic mass is 10.1. The van der Waals surface area contributed by atoms with Crippen LogP contribution in [0.25, 0.3) is 34.1 Å². The molecule has 5 rings (SSSR count). The number of hydrogen-bond acceptors (Lipinski definition) is 7. The predicted molar refractivity (Wildman–Crippen MR) is 124 cm³/mol. The summed E-state index contributed by atoms with van der Waals surface area (Å²) in [5.74, 6) is 2.45. The van der Waals surface area contributed by atoms with Gasteiger partial charge in [0.1, 0.15) is 11.6 Å². The summed E-state index contributed by atoms with van der Waals surface area (Å²) >= 11 is 0. The Morgan fingerprint density at radius 3 is 2.34 bits per heavy atom. The highest BCUT2D eigenvalue weighted by atomic mass is 16.5. The van der Waals surface area contributed by atoms with Gasteiger partial charge < -0.3 is 14.5 Å². The topological polar surface area (TPSA) is 86.0 Å². The first kappa shape index (κ1) is 19.7. The van der Waals surface area contributed by atoms with Gasteiger partial charge in [0.2, 0.25) is 11.7 Å². The maximum atomic E-state index is 5.90. The number of benzene rings is 3. The highest BCUT2D eigenvalue weighted by Gasteiger charge is 2.16. The van der Waals surface area contributed by atoms with Gasteiger partial charge in [0, 0.05) is 16.6 Å². The van der Waals surface area contributed by atoms with Crippen LogP contribution in [0.5, 0.6) is 5.75 Å². The summed E-state index contributed by atoms with van der Waals surface area (Å²) in [7, 11) is 1.63. The van der Waals surface area contributed by atoms with E-state index in [1.54, 1.807) is 7.11 Å². The van der Waals surface area contributed by atoms with Crippen LogP contribution in [0.1, 0.15) is 12.5 Å². The molecule has 7 heteroatoms. The molecule has 1 N–H and O–H groups in total. The van der Waals surface area contributed by atoms with Crippen LogP contribution in [0, 0.1) is 0 Å². The fourth-order valence-electron chi connectivity index (χ4n) is 3.39. The Morgan fingerprint density at radius 2 is 1.59 bits per heavy atom. The summed E-state index contributed by atoms with van der Waals surface area (Å²) in [5.41, 5.74) is 3.80. The average Bonchev–Trinajstić information content (AvgIpc) is 3.35. The summed E-state index contributed by atoms with van der Waals surface area (Å²) in [6.45, 7) is 2.14. The molecule has 0 fully saturated rings. The molecule has 0 aliphatic carbocycles. The zero-order valence-electron chi connectivity index (χ0n) is 17.7. The second kappa shape index (κ2) is 8.47. The molecule has 2 heterocycles. The van der Waals surface area contributed by atoms with Crippen molar-refractivity contribution in [3.63, 3.8) is 0 Å². The number of nitrogens with one attached hydrogen (secondary N) is 1. The number of fused-ring (bicyclic) bond motifs is 1. The average molecular weight is 423 g/mol. The third-order valence-electron chi connectivity index (χ3n) is 5.18. The van der Waals surface area contributed by atoms with Gasteiger partial charge in [-0.2, -0.15) is 0 Å². The summed E-state index contributed by atoms with van der Waals surface area (Å²) in [6.07, 6.45) is 0.995. The second-order valence-electron chi connectivity index (χ2n) is 7.23. The number of para-hydroxylation sites is 1. The maximum Gasteiger partial charge on any atom is 0.286 e. The van der Waals surface area contributed by atoms with Crippen molar-refractivity contribution in [3.05, 3.63) is 78.4 Å². The van der Waals surface area contributed by atoms with Gasteiger partial charge in [0.05, 0.1) is 12.6 Å². The van der Waals surface area contributed by atoms with E-state index in [2.05, 4.69) is 39.6 Å². The van der Waals surface area contributed by atoms with Crippen LogP contribution in [0.3, 0.4) is 0 Å². The monoisotopic (exact) mass is 423 g/mol. The Balaban J connectivity index is 1.52. The molecular weight excluding hydrogens is 402 g/mol. The van der Waals surface area contributed by atoms with Crippen molar-refractivity contribution < 1.29 is 9.15 Å². The Morgan fingerprint density at radius 1 is 0.844 bits per heavy atom. The van der Waals surface area contributed by atoms with Gasteiger partial charge in [-0.1, -0.05) is 31.2 Å². The predicted octanol–water partition coefficient (Wildman–Crippen LogP) is 5.66. The van der Waals surface area contributed by atoms with Gasteiger partial charge in [-0.25, -0.2) is 9.97 Å². The van der Waals surface area contributed by atoms with E-state index in [-0.39, 0.29) is 5.89 Å². The van der Waals surface area contributed by atoms with E-state index in [1.165, 1.54) is 5.56 Å². The van der Waals surface area contributed by atoms with Crippen molar-refractivity contribution in [2.45, 2.75) is 13.3 Å². The lowest BCUT2D eigenvalue weighted by Crippen LogP contribution is -1.99. The fourth-order valence-corrected chi connectivity index (χ4v) is 3.39. The summed E-state index contributed by atoms with van der Waals surface area (Å²) < 4.78 is 11.1. The lowest BCUT2D eigenvalue weighted by molar-refractivity contribution is 0.415. The zero-order chi connectivity index (χ0) is 21.9. The Kier molecular flexibility index (Phi) is 5.21. The van der Waals surface area contributed by atoms with E-state index < -0.39 is 0 Å². The molecule has 3 aromatic carbocycles. The molecule has 7 nitrogen and oxygen atoms in total. The summed E-state index contributed by atoms with van der Waals surface area (Å²) in [4.78, 5) is 9.35. The number of methoxy groups -OCH3 is 1. The van der Waals surface area contributed by atoms with Crippen molar-refractivity contribution in [2.75, 3.05) is 12.4 Å². The van der Waals surface area contributed by atoms with Crippen LogP contribution in [0.4, 0.5) is 11.5 Å². The second-order valence-corrected chi connectivity index (χ2v) is 7.23. The molecule has 0 radical (unpaired) electrons. The summed E-state index contributed by atoms with van der Waals surface area (Å²) in [6, 6.07) is 23.5. The molecule has 0 unspecified atom stereocenters. The zero-order valence-corrected chi connectivity index (χ0v) is 17.7. The normalized spacial score (nSPS) is 10.9. The van der Waals surface area contributed by atoms with Crippen molar-refractivity contribution in [1.82, 2.24) is 20.2 Å². The molecule has 0 saturated carbocycles. The molecule has 0 atom stereocenters. The molecule has 2 aromatic heterocycles. The van der Waals surface area contributed by atoms with Crippen LogP contribution in [0.15, 0.2) is 77.2 Å². The minimum atomic E-state index is 0.256. The Hall–Kier alpha value is -4.26. The summed E-state index contributed by atoms with van der Waals surface area (Å²) in [5, 5.41) is 12.7. The fraction of sp³-hybridized carbons (Fsp3) is 0.120. The smallest absolute Gasteiger partial charge is 0.286 e. The van der Waals surface area contributed by atoms with Gasteiger partial charge in [-0.05, 0) is 60.5 Å². The standard InChI is InChI=1S/C25H21N5O2/c1-3-16-8-12-18(13-9-16)26-22-20-6-4-5-7-21(20)27-23(28-22)25-30-29-24(32-25)17-10-14-19(31-2)15-11-17/h4-15H,3H2,1-2H3,(H,26,27,28). The SMILES string of the molecule is CCc1ccc(Nc2nc(-c3nnc(-c4ccc(OC)cc4)o3)nc3ccccc23)cc1. The first-order chi connectivity index (χ1) is 15.7. The van der Waals surface area contributed by atoms with E-state index in [0.717, 1.165) is 34.3 Å². The Labute approximate surface area is 185 Å². The molecule has 0 aliphatic rings. The number of anilines is 2. The van der Waals surface area contributed by atoms with Gasteiger partial charge in [0.25, 0.3) is 5.89 Å². The molecule has 5 aromatic rings. The van der Waals surface area contributed by atoms with Crippen LogP contribution in [0.2, 0.25) is 0 Å². The number of rotatable bonds is 6. The van der Waals surface area contributed by atoms with Crippen molar-refractivity contribution >= 4 is 22.4 Å². The van der Waals surface area contributed by atoms with Crippen LogP contribution < -0.4 is 10.1 Å². The van der Waals surface area contributed by atoms with Crippen molar-refractivity contribution in [3.8, 4) is 28.9 Å². The van der Waals surface area contributed by atoms with E-state index in [0.29, 0.717) is 17.5 Å². The number of ether oxygens (including phenoxy) is 1. The number of hydrogen-bond donors (Lipinski definition) is 1.